The molecule has 0 aliphatic rings. The first-order chi connectivity index (χ1) is 6.91. The van der Waals surface area contributed by atoms with Gasteiger partial charge in [0.25, 0.3) is 10.2 Å². The fourth-order valence-corrected chi connectivity index (χ4v) is 0.585. The average Bonchev–Trinajstić information content (AvgIpc) is 2.08. The van der Waals surface area contributed by atoms with Gasteiger partial charge in [0.15, 0.2) is 6.10 Å². The summed E-state index contributed by atoms with van der Waals surface area (Å²) in [6.07, 6.45) is -1.32. The van der Waals surface area contributed by atoms with Crippen LogP contribution in [-0.2, 0) is 19.2 Å². The maximum absolute atomic E-state index is 10.3. The summed E-state index contributed by atoms with van der Waals surface area (Å²) in [5.74, 6) is -0.687. The van der Waals surface area contributed by atoms with Gasteiger partial charge in [0.1, 0.15) is 13.2 Å². The van der Waals surface area contributed by atoms with Crippen LogP contribution in [0.4, 0.5) is 0 Å². The molecule has 0 spiro atoms. The van der Waals surface area contributed by atoms with Crippen LogP contribution < -0.4 is 0 Å². The van der Waals surface area contributed by atoms with Crippen molar-refractivity contribution in [2.45, 2.75) is 13.0 Å². The number of hydrogen-bond donors (Lipinski definition) is 0. The molecule has 0 N–H and O–H groups in total. The number of carbonyl (C=O) groups is 1. The Labute approximate surface area is 82.9 Å². The number of hydrogen-bond acceptors (Lipinski definition) is 8. The molecule has 0 radical (unpaired) electrons. The fraction of sp³-hybridized carbons (Fsp3) is 0.800. The lowest BCUT2D eigenvalue weighted by Gasteiger charge is -2.12. The minimum absolute atomic E-state index is 0.496. The molecule has 0 saturated heterocycles. The van der Waals surface area contributed by atoms with Crippen molar-refractivity contribution in [3.05, 3.63) is 20.2 Å². The van der Waals surface area contributed by atoms with Gasteiger partial charge in [-0.05, 0) is 0 Å². The molecule has 1 unspecified atom stereocenters. The zero-order chi connectivity index (χ0) is 11.8. The Kier molecular flexibility index (Phi) is 5.44. The van der Waals surface area contributed by atoms with Crippen LogP contribution in [0.2, 0.25) is 0 Å². The monoisotopic (exact) mass is 224 g/mol. The molecule has 10 heteroatoms. The Bertz CT molecular complexity index is 235. The predicted molar refractivity (Wildman–Crippen MR) is 41.4 cm³/mol. The van der Waals surface area contributed by atoms with Crippen LogP contribution in [0.3, 0.4) is 0 Å². The second-order valence-corrected chi connectivity index (χ2v) is 2.27. The van der Waals surface area contributed by atoms with Gasteiger partial charge in [-0.3, -0.25) is 4.79 Å². The second kappa shape index (κ2) is 6.34. The molecule has 0 bridgehead atoms. The molecule has 0 amide bonds. The highest BCUT2D eigenvalue weighted by atomic mass is 17.0. The molecule has 15 heavy (non-hydrogen) atoms. The summed E-state index contributed by atoms with van der Waals surface area (Å²) in [7, 11) is 0. The lowest BCUT2D eigenvalue weighted by atomic mass is 10.4. The molecule has 0 fully saturated rings. The molecule has 0 aliphatic heterocycles. The van der Waals surface area contributed by atoms with Crippen LogP contribution in [0.15, 0.2) is 0 Å². The van der Waals surface area contributed by atoms with Crippen LogP contribution in [0.25, 0.3) is 0 Å². The first kappa shape index (κ1) is 12.9. The summed E-state index contributed by atoms with van der Waals surface area (Å²) in [5, 5.41) is 17.4. The quantitative estimate of drug-likeness (QED) is 0.316. The van der Waals surface area contributed by atoms with Gasteiger partial charge >= 0.3 is 5.97 Å². The van der Waals surface area contributed by atoms with E-state index in [1.807, 2.05) is 0 Å². The van der Waals surface area contributed by atoms with Gasteiger partial charge in [-0.2, -0.15) is 0 Å². The van der Waals surface area contributed by atoms with Crippen molar-refractivity contribution in [3.8, 4) is 0 Å². The zero-order valence-corrected chi connectivity index (χ0v) is 7.65. The highest BCUT2D eigenvalue weighted by Crippen LogP contribution is 1.96. The van der Waals surface area contributed by atoms with Crippen molar-refractivity contribution < 1.29 is 29.4 Å². The Hall–Kier alpha value is -2.13. The van der Waals surface area contributed by atoms with Crippen molar-refractivity contribution in [1.82, 2.24) is 0 Å². The van der Waals surface area contributed by atoms with Crippen molar-refractivity contribution in [3.63, 3.8) is 0 Å². The Morgan fingerprint density at radius 2 is 1.87 bits per heavy atom. The van der Waals surface area contributed by atoms with Crippen LogP contribution >= 0.6 is 0 Å². The zero-order valence-electron chi connectivity index (χ0n) is 7.65. The lowest BCUT2D eigenvalue weighted by Crippen LogP contribution is -2.30. The lowest BCUT2D eigenvalue weighted by molar-refractivity contribution is -0.790. The molecule has 0 aromatic heterocycles. The number of ether oxygens (including phenoxy) is 1. The minimum Gasteiger partial charge on any atom is -0.463 e. The van der Waals surface area contributed by atoms with Gasteiger partial charge in [0.2, 0.25) is 0 Å². The van der Waals surface area contributed by atoms with Crippen LogP contribution in [0, 0.1) is 20.2 Å². The van der Waals surface area contributed by atoms with E-state index in [4.69, 9.17) is 0 Å². The molecule has 10 nitrogen and oxygen atoms in total. The third-order valence-electron chi connectivity index (χ3n) is 1.07. The van der Waals surface area contributed by atoms with Crippen LogP contribution in [0.1, 0.15) is 6.92 Å². The van der Waals surface area contributed by atoms with Gasteiger partial charge in [0, 0.05) is 6.92 Å². The van der Waals surface area contributed by atoms with Gasteiger partial charge in [0.05, 0.1) is 0 Å². The van der Waals surface area contributed by atoms with Crippen molar-refractivity contribution >= 4 is 5.97 Å². The maximum atomic E-state index is 10.3. The summed E-state index contributed by atoms with van der Waals surface area (Å²) in [6, 6.07) is 0. The summed E-state index contributed by atoms with van der Waals surface area (Å²) in [5.41, 5.74) is 0. The van der Waals surface area contributed by atoms with Crippen molar-refractivity contribution in [2.75, 3.05) is 13.2 Å². The van der Waals surface area contributed by atoms with Gasteiger partial charge in [-0.25, -0.2) is 0 Å². The smallest absolute Gasteiger partial charge is 0.302 e. The van der Waals surface area contributed by atoms with Crippen molar-refractivity contribution in [1.29, 1.82) is 0 Å². The average molecular weight is 224 g/mol. The van der Waals surface area contributed by atoms with Crippen LogP contribution in [0.5, 0.6) is 0 Å². The molecule has 0 aromatic rings. The predicted octanol–water partition coefficient (Wildman–Crippen LogP) is -0.665. The third kappa shape index (κ3) is 8.21. The van der Waals surface area contributed by atoms with E-state index in [1.54, 1.807) is 0 Å². The Morgan fingerprint density at radius 1 is 1.27 bits per heavy atom. The maximum Gasteiger partial charge on any atom is 0.302 e. The van der Waals surface area contributed by atoms with E-state index in [0.717, 1.165) is 6.92 Å². The molecule has 0 aromatic carbocycles. The molecular formula is C5H8N2O8. The number of carbonyl (C=O) groups excluding carboxylic acids is 1. The van der Waals surface area contributed by atoms with E-state index in [9.17, 15) is 25.0 Å². The molecule has 0 heterocycles. The largest absolute Gasteiger partial charge is 0.463 e. The molecule has 0 aliphatic carbocycles. The first-order valence-corrected chi connectivity index (χ1v) is 3.63. The molecule has 86 valence electrons. The van der Waals surface area contributed by atoms with Gasteiger partial charge in [-0.15, -0.1) is 20.2 Å². The van der Waals surface area contributed by atoms with Crippen LogP contribution in [-0.4, -0.2) is 35.5 Å². The standard InChI is InChI=1S/C5H8N2O8/c1-4(8)13-2-5(15-7(11)12)3-14-6(9)10/h5H,2-3H2,1H3. The Morgan fingerprint density at radius 3 is 2.27 bits per heavy atom. The molecule has 1 atom stereocenters. The summed E-state index contributed by atoms with van der Waals surface area (Å²) in [4.78, 5) is 37.8. The van der Waals surface area contributed by atoms with Gasteiger partial charge in [-0.1, -0.05) is 0 Å². The van der Waals surface area contributed by atoms with E-state index in [0.29, 0.717) is 0 Å². The molecule has 0 saturated carbocycles. The number of rotatable bonds is 7. The summed E-state index contributed by atoms with van der Waals surface area (Å²) >= 11 is 0. The number of nitrogens with zero attached hydrogens (tertiary/aromatic N) is 2. The summed E-state index contributed by atoms with van der Waals surface area (Å²) in [6.45, 7) is -0.108. The van der Waals surface area contributed by atoms with Crippen molar-refractivity contribution in [2.24, 2.45) is 0 Å². The first-order valence-electron chi connectivity index (χ1n) is 3.63. The third-order valence-corrected chi connectivity index (χ3v) is 1.07. The molecular weight excluding hydrogens is 216 g/mol. The van der Waals surface area contributed by atoms with Gasteiger partial charge < -0.3 is 14.4 Å². The normalized spacial score (nSPS) is 11.3. The summed E-state index contributed by atoms with van der Waals surface area (Å²) < 4.78 is 4.37. The highest BCUT2D eigenvalue weighted by Gasteiger charge is 2.17. The topological polar surface area (TPSA) is 131 Å². The Balaban J connectivity index is 3.99. The second-order valence-electron chi connectivity index (χ2n) is 2.27. The van der Waals surface area contributed by atoms with E-state index < -0.39 is 35.5 Å². The molecule has 0 rings (SSSR count). The van der Waals surface area contributed by atoms with E-state index in [1.165, 1.54) is 0 Å². The van der Waals surface area contributed by atoms with E-state index in [-0.39, 0.29) is 0 Å². The highest BCUT2D eigenvalue weighted by molar-refractivity contribution is 5.65. The minimum atomic E-state index is -1.32. The number of esters is 1. The SMILES string of the molecule is CC(=O)OCC(CO[N+](=O)[O-])O[N+](=O)[O-]. The van der Waals surface area contributed by atoms with E-state index in [2.05, 4.69) is 14.4 Å². The fourth-order valence-electron chi connectivity index (χ4n) is 0.585. The van der Waals surface area contributed by atoms with E-state index >= 15 is 0 Å².